The Hall–Kier alpha value is -0.680. The molecule has 0 aromatic heterocycles. The molecule has 0 bridgehead atoms. The highest BCUT2D eigenvalue weighted by Gasteiger charge is 2.33. The van der Waals surface area contributed by atoms with Crippen molar-refractivity contribution in [2.75, 3.05) is 32.1 Å². The highest BCUT2D eigenvalue weighted by molar-refractivity contribution is 7.86. The van der Waals surface area contributed by atoms with Crippen LogP contribution in [-0.2, 0) is 20.3 Å². The largest absolute Gasteiger partial charge is 0.378 e. The summed E-state index contributed by atoms with van der Waals surface area (Å²) in [6.07, 6.45) is 0.647. The van der Waals surface area contributed by atoms with Gasteiger partial charge in [0.05, 0.1) is 13.2 Å². The van der Waals surface area contributed by atoms with Crippen molar-refractivity contribution in [1.29, 1.82) is 0 Å². The molecular formula is C12H19NO3S. The number of carbonyl (C=O) groups is 1. The van der Waals surface area contributed by atoms with Gasteiger partial charge in [-0.2, -0.15) is 0 Å². The molecule has 4 nitrogen and oxygen atoms in total. The Balaban J connectivity index is 2.07. The maximum atomic E-state index is 12.3. The molecule has 96 valence electrons. The second-order valence-electron chi connectivity index (χ2n) is 4.72. The number of rotatable bonds is 1. The molecule has 2 unspecified atom stereocenters. The molecule has 2 aliphatic rings. The topological polar surface area (TPSA) is 46.6 Å². The Morgan fingerprint density at radius 1 is 1.29 bits per heavy atom. The second kappa shape index (κ2) is 5.31. The van der Waals surface area contributed by atoms with Gasteiger partial charge in [-0.3, -0.25) is 9.00 Å². The zero-order valence-corrected chi connectivity index (χ0v) is 11.2. The van der Waals surface area contributed by atoms with Crippen LogP contribution in [0.1, 0.15) is 20.3 Å². The van der Waals surface area contributed by atoms with E-state index in [1.54, 1.807) is 4.90 Å². The Labute approximate surface area is 104 Å². The van der Waals surface area contributed by atoms with Gasteiger partial charge in [0.2, 0.25) is 5.91 Å². The van der Waals surface area contributed by atoms with Crippen molar-refractivity contribution in [3.05, 3.63) is 11.1 Å². The van der Waals surface area contributed by atoms with Crippen molar-refractivity contribution in [2.24, 2.45) is 0 Å². The highest BCUT2D eigenvalue weighted by atomic mass is 32.2. The number of allylic oxidation sites excluding steroid dienone is 1. The lowest BCUT2D eigenvalue weighted by Gasteiger charge is -2.32. The van der Waals surface area contributed by atoms with Crippen LogP contribution in [0.4, 0.5) is 0 Å². The van der Waals surface area contributed by atoms with Crippen LogP contribution in [-0.4, -0.2) is 52.3 Å². The molecule has 2 rings (SSSR count). The van der Waals surface area contributed by atoms with Gasteiger partial charge in [-0.05, 0) is 20.3 Å². The molecule has 1 fully saturated rings. The van der Waals surface area contributed by atoms with Crippen LogP contribution >= 0.6 is 0 Å². The fraction of sp³-hybridized carbons (Fsp3) is 0.750. The van der Waals surface area contributed by atoms with Gasteiger partial charge in [0.25, 0.3) is 0 Å². The van der Waals surface area contributed by atoms with Crippen molar-refractivity contribution in [2.45, 2.75) is 25.5 Å². The van der Waals surface area contributed by atoms with Crippen molar-refractivity contribution in [3.8, 4) is 0 Å². The first-order valence-corrected chi connectivity index (χ1v) is 7.36. The number of carbonyl (C=O) groups excluding carboxylic acids is 1. The third-order valence-corrected chi connectivity index (χ3v) is 5.21. The van der Waals surface area contributed by atoms with E-state index in [1.165, 1.54) is 11.1 Å². The monoisotopic (exact) mass is 257 g/mol. The van der Waals surface area contributed by atoms with Gasteiger partial charge in [-0.25, -0.2) is 0 Å². The number of morpholine rings is 1. The third kappa shape index (κ3) is 2.77. The molecular weight excluding hydrogens is 238 g/mol. The summed E-state index contributed by atoms with van der Waals surface area (Å²) in [5.74, 6) is 0.588. The molecule has 0 spiro atoms. The summed E-state index contributed by atoms with van der Waals surface area (Å²) in [4.78, 5) is 14.1. The quantitative estimate of drug-likeness (QED) is 0.650. The first-order valence-electron chi connectivity index (χ1n) is 5.98. The van der Waals surface area contributed by atoms with Crippen LogP contribution in [0.15, 0.2) is 11.1 Å². The first kappa shape index (κ1) is 12.8. The molecule has 0 saturated carbocycles. The standard InChI is InChI=1S/C12H19NO3S/c1-9-7-11(17(15)8-10(9)2)12(14)13-3-5-16-6-4-13/h11H,3-8H2,1-2H3. The smallest absolute Gasteiger partial charge is 0.238 e. The Kier molecular flexibility index (Phi) is 3.99. The SMILES string of the molecule is CC1=C(C)CS(=O)C(C(=O)N2CCOCC2)C1. The third-order valence-electron chi connectivity index (χ3n) is 3.49. The fourth-order valence-corrected chi connectivity index (χ4v) is 3.85. The molecule has 0 radical (unpaired) electrons. The van der Waals surface area contributed by atoms with Gasteiger partial charge in [0.1, 0.15) is 5.25 Å². The maximum Gasteiger partial charge on any atom is 0.238 e. The van der Waals surface area contributed by atoms with Gasteiger partial charge in [-0.1, -0.05) is 11.1 Å². The summed E-state index contributed by atoms with van der Waals surface area (Å²) in [6.45, 7) is 6.49. The second-order valence-corrected chi connectivity index (χ2v) is 6.34. The zero-order chi connectivity index (χ0) is 12.4. The minimum absolute atomic E-state index is 0.0403. The summed E-state index contributed by atoms with van der Waals surface area (Å²) in [5.41, 5.74) is 2.39. The molecule has 1 saturated heterocycles. The average molecular weight is 257 g/mol. The van der Waals surface area contributed by atoms with Crippen LogP contribution in [0.5, 0.6) is 0 Å². The van der Waals surface area contributed by atoms with E-state index in [4.69, 9.17) is 4.74 Å². The van der Waals surface area contributed by atoms with Crippen molar-refractivity contribution >= 4 is 16.7 Å². The minimum Gasteiger partial charge on any atom is -0.378 e. The first-order chi connectivity index (χ1) is 8.09. The van der Waals surface area contributed by atoms with Crippen LogP contribution < -0.4 is 0 Å². The lowest BCUT2D eigenvalue weighted by Crippen LogP contribution is -2.48. The molecule has 0 aliphatic carbocycles. The van der Waals surface area contributed by atoms with E-state index < -0.39 is 10.8 Å². The van der Waals surface area contributed by atoms with Crippen molar-refractivity contribution in [1.82, 2.24) is 4.90 Å². The predicted molar refractivity (Wildman–Crippen MR) is 67.2 cm³/mol. The number of ether oxygens (including phenoxy) is 1. The summed E-state index contributed by atoms with van der Waals surface area (Å²) >= 11 is 0. The molecule has 5 heteroatoms. The van der Waals surface area contributed by atoms with Crippen LogP contribution in [0.25, 0.3) is 0 Å². The molecule has 0 aromatic rings. The summed E-state index contributed by atoms with van der Waals surface area (Å²) in [5, 5.41) is -0.336. The molecule has 2 heterocycles. The van der Waals surface area contributed by atoms with E-state index in [0.717, 1.165) is 0 Å². The minimum atomic E-state index is -1.05. The van der Waals surface area contributed by atoms with Crippen LogP contribution in [0, 0.1) is 0 Å². The van der Waals surface area contributed by atoms with E-state index in [1.807, 2.05) is 13.8 Å². The van der Waals surface area contributed by atoms with Gasteiger partial charge >= 0.3 is 0 Å². The highest BCUT2D eigenvalue weighted by Crippen LogP contribution is 2.24. The molecule has 1 amide bonds. The summed E-state index contributed by atoms with van der Waals surface area (Å²) < 4.78 is 17.3. The molecule has 0 aromatic carbocycles. The normalized spacial score (nSPS) is 30.6. The maximum absolute atomic E-state index is 12.3. The van der Waals surface area contributed by atoms with Gasteiger partial charge < -0.3 is 9.64 Å². The molecule has 2 atom stereocenters. The van der Waals surface area contributed by atoms with E-state index in [0.29, 0.717) is 38.5 Å². The number of nitrogens with zero attached hydrogens (tertiary/aromatic N) is 1. The van der Waals surface area contributed by atoms with Crippen LogP contribution in [0.2, 0.25) is 0 Å². The number of hydrogen-bond acceptors (Lipinski definition) is 3. The van der Waals surface area contributed by atoms with Crippen molar-refractivity contribution < 1.29 is 13.7 Å². The van der Waals surface area contributed by atoms with Crippen LogP contribution in [0.3, 0.4) is 0 Å². The molecule has 17 heavy (non-hydrogen) atoms. The fourth-order valence-electron chi connectivity index (χ4n) is 2.17. The van der Waals surface area contributed by atoms with E-state index in [2.05, 4.69) is 0 Å². The van der Waals surface area contributed by atoms with E-state index >= 15 is 0 Å². The molecule has 2 aliphatic heterocycles. The Bertz CT molecular complexity index is 372. The van der Waals surface area contributed by atoms with Crippen molar-refractivity contribution in [3.63, 3.8) is 0 Å². The van der Waals surface area contributed by atoms with Gasteiger partial charge in [-0.15, -0.1) is 0 Å². The van der Waals surface area contributed by atoms with E-state index in [-0.39, 0.29) is 11.2 Å². The summed E-state index contributed by atoms with van der Waals surface area (Å²) in [7, 11) is -1.05. The van der Waals surface area contributed by atoms with Gasteiger partial charge in [0.15, 0.2) is 0 Å². The Morgan fingerprint density at radius 3 is 2.59 bits per heavy atom. The number of hydrogen-bond donors (Lipinski definition) is 0. The lowest BCUT2D eigenvalue weighted by atomic mass is 10.1. The number of amides is 1. The summed E-state index contributed by atoms with van der Waals surface area (Å²) in [6, 6.07) is 0. The predicted octanol–water partition coefficient (Wildman–Crippen LogP) is 0.703. The Morgan fingerprint density at radius 2 is 1.94 bits per heavy atom. The zero-order valence-electron chi connectivity index (χ0n) is 10.4. The average Bonchev–Trinajstić information content (AvgIpc) is 2.34. The lowest BCUT2D eigenvalue weighted by molar-refractivity contribution is -0.134. The molecule has 0 N–H and O–H groups in total. The van der Waals surface area contributed by atoms with E-state index in [9.17, 15) is 9.00 Å². The van der Waals surface area contributed by atoms with Gasteiger partial charge in [0, 0.05) is 29.6 Å².